The van der Waals surface area contributed by atoms with Crippen molar-refractivity contribution < 1.29 is 47.9 Å². The van der Waals surface area contributed by atoms with E-state index in [1.807, 2.05) is 30.3 Å². The standard InChI is InChI=1S/C32H33NO10/c1-17(34)42-29-24(30(35)33(2)3)25(18-10-8-7-9-11-18)32(19-12-13-20(37-4)21(14-19)38-5)31(29,36)26-22(43-32)15-23-27(28(26)39-6)41-16-40-23/h7-15,24-25,29,36H,16H2,1-6H3. The van der Waals surface area contributed by atoms with E-state index < -0.39 is 35.1 Å². The van der Waals surface area contributed by atoms with Crippen LogP contribution in [0.2, 0.25) is 0 Å². The van der Waals surface area contributed by atoms with E-state index in [9.17, 15) is 14.7 Å². The van der Waals surface area contributed by atoms with Crippen LogP contribution >= 0.6 is 0 Å². The predicted octanol–water partition coefficient (Wildman–Crippen LogP) is 3.35. The van der Waals surface area contributed by atoms with E-state index in [1.54, 1.807) is 38.4 Å². The Kier molecular flexibility index (Phi) is 6.80. The summed E-state index contributed by atoms with van der Waals surface area (Å²) in [5.41, 5.74) is -2.63. The molecule has 3 aromatic rings. The van der Waals surface area contributed by atoms with Gasteiger partial charge in [0.05, 0.1) is 32.8 Å². The first-order valence-electron chi connectivity index (χ1n) is 13.7. The zero-order chi connectivity index (χ0) is 30.7. The molecule has 11 heteroatoms. The number of carbonyl (C=O) groups excluding carboxylic acids is 2. The van der Waals surface area contributed by atoms with Gasteiger partial charge in [-0.3, -0.25) is 9.59 Å². The van der Waals surface area contributed by atoms with Crippen molar-refractivity contribution >= 4 is 11.9 Å². The van der Waals surface area contributed by atoms with Crippen LogP contribution in [0, 0.1) is 5.92 Å². The molecule has 1 aliphatic carbocycles. The number of rotatable bonds is 7. The molecule has 3 aliphatic rings. The summed E-state index contributed by atoms with van der Waals surface area (Å²) in [6.45, 7) is 1.18. The minimum absolute atomic E-state index is 0.0599. The summed E-state index contributed by atoms with van der Waals surface area (Å²) in [5, 5.41) is 13.4. The smallest absolute Gasteiger partial charge is 0.303 e. The lowest BCUT2D eigenvalue weighted by Gasteiger charge is -2.41. The molecule has 1 saturated carbocycles. The van der Waals surface area contributed by atoms with Crippen molar-refractivity contribution in [2.24, 2.45) is 5.92 Å². The molecule has 6 rings (SSSR count). The van der Waals surface area contributed by atoms with Crippen LogP contribution < -0.4 is 28.4 Å². The Hall–Kier alpha value is -4.64. The van der Waals surface area contributed by atoms with Gasteiger partial charge in [0.15, 0.2) is 40.3 Å². The van der Waals surface area contributed by atoms with Gasteiger partial charge in [-0.15, -0.1) is 0 Å². The average molecular weight is 592 g/mol. The summed E-state index contributed by atoms with van der Waals surface area (Å²) >= 11 is 0. The van der Waals surface area contributed by atoms with Gasteiger partial charge in [-0.1, -0.05) is 36.4 Å². The van der Waals surface area contributed by atoms with E-state index in [-0.39, 0.29) is 35.5 Å². The molecule has 1 fully saturated rings. The molecule has 226 valence electrons. The van der Waals surface area contributed by atoms with Gasteiger partial charge in [-0.2, -0.15) is 0 Å². The molecule has 3 aromatic carbocycles. The molecule has 2 heterocycles. The number of nitrogens with zero attached hydrogens (tertiary/aromatic N) is 1. The first-order chi connectivity index (χ1) is 20.6. The fourth-order valence-electron chi connectivity index (χ4n) is 6.94. The van der Waals surface area contributed by atoms with E-state index in [1.165, 1.54) is 33.2 Å². The first kappa shape index (κ1) is 28.5. The molecule has 5 atom stereocenters. The van der Waals surface area contributed by atoms with Crippen molar-refractivity contribution in [1.29, 1.82) is 0 Å². The van der Waals surface area contributed by atoms with Crippen LogP contribution in [0.15, 0.2) is 54.6 Å². The first-order valence-corrected chi connectivity index (χ1v) is 13.7. The maximum absolute atomic E-state index is 14.2. The lowest BCUT2D eigenvalue weighted by molar-refractivity contribution is -0.184. The Balaban J connectivity index is 1.77. The number of hydrogen-bond donors (Lipinski definition) is 1. The summed E-state index contributed by atoms with van der Waals surface area (Å²) in [6, 6.07) is 16.0. The summed E-state index contributed by atoms with van der Waals surface area (Å²) < 4.78 is 41.4. The van der Waals surface area contributed by atoms with Gasteiger partial charge in [-0.05, 0) is 17.7 Å². The normalized spacial score (nSPS) is 26.2. The van der Waals surface area contributed by atoms with Crippen LogP contribution in [-0.2, 0) is 25.5 Å². The number of fused-ring (bicyclic) bond motifs is 4. The Bertz CT molecular complexity index is 1590. The third-order valence-corrected chi connectivity index (χ3v) is 8.53. The van der Waals surface area contributed by atoms with Gasteiger partial charge in [0.1, 0.15) is 5.75 Å². The molecule has 43 heavy (non-hydrogen) atoms. The third-order valence-electron chi connectivity index (χ3n) is 8.53. The highest BCUT2D eigenvalue weighted by Crippen LogP contribution is 2.72. The lowest BCUT2D eigenvalue weighted by atomic mass is 9.70. The molecule has 1 amide bonds. The Morgan fingerprint density at radius 2 is 1.65 bits per heavy atom. The van der Waals surface area contributed by atoms with E-state index >= 15 is 0 Å². The summed E-state index contributed by atoms with van der Waals surface area (Å²) in [6.07, 6.45) is -1.42. The number of amides is 1. The second-order valence-corrected chi connectivity index (χ2v) is 10.9. The molecular formula is C32H33NO10. The predicted molar refractivity (Wildman–Crippen MR) is 152 cm³/mol. The molecular weight excluding hydrogens is 558 g/mol. The summed E-state index contributed by atoms with van der Waals surface area (Å²) in [7, 11) is 7.69. The van der Waals surface area contributed by atoms with Gasteiger partial charge < -0.3 is 43.2 Å². The number of methoxy groups -OCH3 is 3. The van der Waals surface area contributed by atoms with Crippen molar-refractivity contribution in [1.82, 2.24) is 4.90 Å². The highest BCUT2D eigenvalue weighted by molar-refractivity contribution is 5.84. The number of benzene rings is 3. The number of esters is 1. The largest absolute Gasteiger partial charge is 0.493 e. The number of aliphatic hydroxyl groups is 1. The molecule has 11 nitrogen and oxygen atoms in total. The summed E-state index contributed by atoms with van der Waals surface area (Å²) in [5.74, 6) is -1.20. The van der Waals surface area contributed by atoms with Crippen molar-refractivity contribution in [2.45, 2.75) is 30.1 Å². The third kappa shape index (κ3) is 3.84. The lowest BCUT2D eigenvalue weighted by Crippen LogP contribution is -2.53. The van der Waals surface area contributed by atoms with E-state index in [4.69, 9.17) is 33.2 Å². The van der Waals surface area contributed by atoms with Crippen LogP contribution in [0.5, 0.6) is 34.5 Å². The van der Waals surface area contributed by atoms with Gasteiger partial charge in [0.25, 0.3) is 0 Å². The number of carbonyl (C=O) groups is 2. The number of ether oxygens (including phenoxy) is 7. The second-order valence-electron chi connectivity index (χ2n) is 10.9. The molecule has 0 radical (unpaired) electrons. The van der Waals surface area contributed by atoms with Crippen molar-refractivity contribution in [3.8, 4) is 34.5 Å². The Morgan fingerprint density at radius 3 is 2.28 bits per heavy atom. The minimum atomic E-state index is -2.18. The average Bonchev–Trinajstić information content (AvgIpc) is 3.63. The monoisotopic (exact) mass is 591 g/mol. The van der Waals surface area contributed by atoms with Crippen LogP contribution in [0.3, 0.4) is 0 Å². The highest BCUT2D eigenvalue weighted by atomic mass is 16.7. The number of hydrogen-bond acceptors (Lipinski definition) is 10. The Labute approximate surface area is 248 Å². The van der Waals surface area contributed by atoms with E-state index in [0.717, 1.165) is 0 Å². The van der Waals surface area contributed by atoms with Crippen molar-refractivity contribution in [3.63, 3.8) is 0 Å². The molecule has 0 aromatic heterocycles. The Morgan fingerprint density at radius 1 is 0.930 bits per heavy atom. The fraction of sp³-hybridized carbons (Fsp3) is 0.375. The molecule has 0 bridgehead atoms. The van der Waals surface area contributed by atoms with Crippen LogP contribution in [-0.4, -0.2) is 70.2 Å². The quantitative estimate of drug-likeness (QED) is 0.410. The zero-order valence-corrected chi connectivity index (χ0v) is 24.7. The van der Waals surface area contributed by atoms with E-state index in [2.05, 4.69) is 0 Å². The maximum atomic E-state index is 14.2. The van der Waals surface area contributed by atoms with Gasteiger partial charge in [-0.25, -0.2) is 0 Å². The van der Waals surface area contributed by atoms with Crippen LogP contribution in [0.4, 0.5) is 0 Å². The molecule has 5 unspecified atom stereocenters. The fourth-order valence-corrected chi connectivity index (χ4v) is 6.94. The molecule has 1 N–H and O–H groups in total. The van der Waals surface area contributed by atoms with Gasteiger partial charge in [0, 0.05) is 38.6 Å². The minimum Gasteiger partial charge on any atom is -0.493 e. The zero-order valence-electron chi connectivity index (χ0n) is 24.7. The van der Waals surface area contributed by atoms with Crippen molar-refractivity contribution in [2.75, 3.05) is 42.2 Å². The molecule has 0 saturated heterocycles. The molecule has 2 aliphatic heterocycles. The van der Waals surface area contributed by atoms with Crippen molar-refractivity contribution in [3.05, 3.63) is 71.3 Å². The van der Waals surface area contributed by atoms with E-state index in [0.29, 0.717) is 28.4 Å². The highest BCUT2D eigenvalue weighted by Gasteiger charge is 2.80. The summed E-state index contributed by atoms with van der Waals surface area (Å²) in [4.78, 5) is 28.4. The van der Waals surface area contributed by atoms with Crippen LogP contribution in [0.25, 0.3) is 0 Å². The second kappa shape index (κ2) is 10.3. The van der Waals surface area contributed by atoms with Crippen LogP contribution in [0.1, 0.15) is 29.5 Å². The SMILES string of the molecule is COc1ccc(C23Oc4cc5c(c(OC)c4C2(O)C(OC(C)=O)C(C(=O)N(C)C)C3c2ccccc2)OCO5)cc1OC. The maximum Gasteiger partial charge on any atom is 0.303 e. The van der Waals surface area contributed by atoms with Gasteiger partial charge >= 0.3 is 5.97 Å². The molecule has 0 spiro atoms. The van der Waals surface area contributed by atoms with Gasteiger partial charge in [0.2, 0.25) is 18.4 Å². The topological polar surface area (TPSA) is 122 Å².